The minimum Gasteiger partial charge on any atom is -0.364 e. The average Bonchev–Trinajstić information content (AvgIpc) is 2.57. The molecule has 0 aliphatic rings. The van der Waals surface area contributed by atoms with Crippen LogP contribution in [0.5, 0.6) is 0 Å². The standard InChI is InChI=1S/C9H6BrNO/c10-8-4-2-1-3-7(8)9-5-6-12-11-9/h1-6H. The van der Waals surface area contributed by atoms with Crippen LogP contribution in [0.15, 0.2) is 45.6 Å². The molecule has 0 spiro atoms. The molecule has 60 valence electrons. The van der Waals surface area contributed by atoms with Crippen molar-refractivity contribution in [3.8, 4) is 11.3 Å². The normalized spacial score (nSPS) is 10.1. The van der Waals surface area contributed by atoms with Crippen LogP contribution < -0.4 is 0 Å². The fraction of sp³-hybridized carbons (Fsp3) is 0. The number of hydrogen-bond donors (Lipinski definition) is 0. The van der Waals surface area contributed by atoms with Crippen molar-refractivity contribution in [1.82, 2.24) is 5.16 Å². The molecule has 1 heterocycles. The van der Waals surface area contributed by atoms with Gasteiger partial charge >= 0.3 is 0 Å². The lowest BCUT2D eigenvalue weighted by molar-refractivity contribution is 0.422. The van der Waals surface area contributed by atoms with Crippen LogP contribution in [0.1, 0.15) is 0 Å². The molecular formula is C9H6BrNO. The Hall–Kier alpha value is -1.09. The lowest BCUT2D eigenvalue weighted by atomic mass is 10.2. The van der Waals surface area contributed by atoms with Gasteiger partial charge in [-0.25, -0.2) is 0 Å². The van der Waals surface area contributed by atoms with Gasteiger partial charge in [-0.15, -0.1) is 0 Å². The van der Waals surface area contributed by atoms with Crippen LogP contribution in [0.2, 0.25) is 0 Å². The van der Waals surface area contributed by atoms with Crippen molar-refractivity contribution in [2.24, 2.45) is 0 Å². The molecule has 2 nitrogen and oxygen atoms in total. The van der Waals surface area contributed by atoms with E-state index in [4.69, 9.17) is 4.52 Å². The molecule has 0 saturated heterocycles. The van der Waals surface area contributed by atoms with Crippen molar-refractivity contribution in [3.05, 3.63) is 41.1 Å². The average molecular weight is 224 g/mol. The van der Waals surface area contributed by atoms with Gasteiger partial charge in [0.25, 0.3) is 0 Å². The van der Waals surface area contributed by atoms with E-state index in [1.54, 1.807) is 6.26 Å². The first-order valence-electron chi connectivity index (χ1n) is 3.53. The predicted octanol–water partition coefficient (Wildman–Crippen LogP) is 3.10. The largest absolute Gasteiger partial charge is 0.364 e. The van der Waals surface area contributed by atoms with E-state index in [2.05, 4.69) is 21.1 Å². The lowest BCUT2D eigenvalue weighted by Crippen LogP contribution is -1.77. The van der Waals surface area contributed by atoms with Gasteiger partial charge in [0.05, 0.1) is 0 Å². The quantitative estimate of drug-likeness (QED) is 0.743. The fourth-order valence-electron chi connectivity index (χ4n) is 1.02. The van der Waals surface area contributed by atoms with Crippen LogP contribution in [0.4, 0.5) is 0 Å². The Kier molecular flexibility index (Phi) is 1.96. The van der Waals surface area contributed by atoms with Crippen LogP contribution in [0.3, 0.4) is 0 Å². The van der Waals surface area contributed by atoms with E-state index in [0.29, 0.717) is 0 Å². The summed E-state index contributed by atoms with van der Waals surface area (Å²) in [5.74, 6) is 0. The second kappa shape index (κ2) is 3.11. The molecule has 12 heavy (non-hydrogen) atoms. The second-order valence-electron chi connectivity index (χ2n) is 2.36. The number of hydrogen-bond acceptors (Lipinski definition) is 2. The van der Waals surface area contributed by atoms with Crippen LogP contribution >= 0.6 is 15.9 Å². The van der Waals surface area contributed by atoms with Gasteiger partial charge in [0, 0.05) is 16.1 Å². The van der Waals surface area contributed by atoms with Gasteiger partial charge < -0.3 is 4.52 Å². The molecule has 0 aliphatic carbocycles. The van der Waals surface area contributed by atoms with E-state index in [1.807, 2.05) is 30.3 Å². The molecule has 1 aromatic heterocycles. The summed E-state index contributed by atoms with van der Waals surface area (Å²) in [6.07, 6.45) is 1.56. The Labute approximate surface area is 78.3 Å². The summed E-state index contributed by atoms with van der Waals surface area (Å²) >= 11 is 3.44. The Morgan fingerprint density at radius 1 is 1.17 bits per heavy atom. The van der Waals surface area contributed by atoms with E-state index in [0.717, 1.165) is 15.7 Å². The highest BCUT2D eigenvalue weighted by Gasteiger charge is 2.03. The number of nitrogens with zero attached hydrogens (tertiary/aromatic N) is 1. The Morgan fingerprint density at radius 2 is 2.00 bits per heavy atom. The smallest absolute Gasteiger partial charge is 0.124 e. The van der Waals surface area contributed by atoms with E-state index >= 15 is 0 Å². The van der Waals surface area contributed by atoms with E-state index in [9.17, 15) is 0 Å². The fourth-order valence-corrected chi connectivity index (χ4v) is 1.51. The van der Waals surface area contributed by atoms with Crippen molar-refractivity contribution in [1.29, 1.82) is 0 Å². The first-order chi connectivity index (χ1) is 5.88. The second-order valence-corrected chi connectivity index (χ2v) is 3.22. The first-order valence-corrected chi connectivity index (χ1v) is 4.32. The highest BCUT2D eigenvalue weighted by atomic mass is 79.9. The molecule has 0 N–H and O–H groups in total. The van der Waals surface area contributed by atoms with E-state index in [-0.39, 0.29) is 0 Å². The van der Waals surface area contributed by atoms with Crippen LogP contribution in [-0.2, 0) is 0 Å². The minimum absolute atomic E-state index is 0.850. The van der Waals surface area contributed by atoms with Crippen molar-refractivity contribution in [3.63, 3.8) is 0 Å². The summed E-state index contributed by atoms with van der Waals surface area (Å²) in [5, 5.41) is 3.84. The van der Waals surface area contributed by atoms with E-state index in [1.165, 1.54) is 0 Å². The molecule has 2 rings (SSSR count). The summed E-state index contributed by atoms with van der Waals surface area (Å²) in [6, 6.07) is 9.73. The lowest BCUT2D eigenvalue weighted by Gasteiger charge is -1.97. The van der Waals surface area contributed by atoms with Gasteiger partial charge in [-0.1, -0.05) is 39.3 Å². The SMILES string of the molecule is Brc1ccccc1-c1ccon1. The zero-order valence-electron chi connectivity index (χ0n) is 6.20. The number of rotatable bonds is 1. The van der Waals surface area contributed by atoms with Gasteiger partial charge in [0.2, 0.25) is 0 Å². The number of halogens is 1. The number of benzene rings is 1. The third-order valence-corrected chi connectivity index (χ3v) is 2.28. The third kappa shape index (κ3) is 1.28. The molecule has 0 bridgehead atoms. The molecule has 0 fully saturated rings. The molecule has 0 unspecified atom stereocenters. The summed E-state index contributed by atoms with van der Waals surface area (Å²) < 4.78 is 5.78. The summed E-state index contributed by atoms with van der Waals surface area (Å²) in [6.45, 7) is 0. The maximum absolute atomic E-state index is 4.75. The van der Waals surface area contributed by atoms with Gasteiger partial charge in [-0.05, 0) is 6.07 Å². The van der Waals surface area contributed by atoms with Crippen molar-refractivity contribution in [2.45, 2.75) is 0 Å². The van der Waals surface area contributed by atoms with Gasteiger partial charge in [0.1, 0.15) is 12.0 Å². The molecule has 3 heteroatoms. The Balaban J connectivity index is 2.55. The first kappa shape index (κ1) is 7.55. The van der Waals surface area contributed by atoms with Crippen LogP contribution in [-0.4, -0.2) is 5.16 Å². The maximum atomic E-state index is 4.75. The van der Waals surface area contributed by atoms with Gasteiger partial charge in [-0.3, -0.25) is 0 Å². The molecular weight excluding hydrogens is 218 g/mol. The zero-order valence-corrected chi connectivity index (χ0v) is 7.78. The maximum Gasteiger partial charge on any atom is 0.124 e. The molecule has 0 atom stereocenters. The number of aromatic nitrogens is 1. The Bertz CT molecular complexity index is 370. The minimum atomic E-state index is 0.850. The van der Waals surface area contributed by atoms with Crippen molar-refractivity contribution in [2.75, 3.05) is 0 Å². The van der Waals surface area contributed by atoms with Gasteiger partial charge in [-0.2, -0.15) is 0 Å². The van der Waals surface area contributed by atoms with Gasteiger partial charge in [0.15, 0.2) is 0 Å². The third-order valence-electron chi connectivity index (χ3n) is 1.59. The van der Waals surface area contributed by atoms with E-state index < -0.39 is 0 Å². The molecule has 2 aromatic rings. The van der Waals surface area contributed by atoms with Crippen molar-refractivity contribution >= 4 is 15.9 Å². The predicted molar refractivity (Wildman–Crippen MR) is 49.6 cm³/mol. The van der Waals surface area contributed by atoms with Crippen LogP contribution in [0, 0.1) is 0 Å². The van der Waals surface area contributed by atoms with Crippen molar-refractivity contribution < 1.29 is 4.52 Å². The molecule has 0 radical (unpaired) electrons. The molecule has 0 saturated carbocycles. The molecule has 1 aromatic carbocycles. The summed E-state index contributed by atoms with van der Waals surface area (Å²) in [5.41, 5.74) is 1.90. The highest BCUT2D eigenvalue weighted by molar-refractivity contribution is 9.10. The molecule has 0 aliphatic heterocycles. The monoisotopic (exact) mass is 223 g/mol. The summed E-state index contributed by atoms with van der Waals surface area (Å²) in [7, 11) is 0. The summed E-state index contributed by atoms with van der Waals surface area (Å²) in [4.78, 5) is 0. The van der Waals surface area contributed by atoms with Crippen LogP contribution in [0.25, 0.3) is 11.3 Å². The highest BCUT2D eigenvalue weighted by Crippen LogP contribution is 2.25. The zero-order chi connectivity index (χ0) is 8.39. The Morgan fingerprint density at radius 3 is 2.67 bits per heavy atom. The molecule has 0 amide bonds. The topological polar surface area (TPSA) is 26.0 Å².